The van der Waals surface area contributed by atoms with E-state index in [1.54, 1.807) is 0 Å². The van der Waals surface area contributed by atoms with E-state index in [0.717, 1.165) is 59.2 Å². The van der Waals surface area contributed by atoms with E-state index in [4.69, 9.17) is 9.47 Å². The Balaban J connectivity index is 1.15. The summed E-state index contributed by atoms with van der Waals surface area (Å²) in [5.74, 6) is 10.1. The molecule has 5 fully saturated rings. The SMILES string of the molecule is CC(C)(C)OC(=O)OCC1CC2CC1C1C3CC(C4C5C=CC(C5)C34)C21. The molecule has 0 aliphatic heterocycles. The lowest BCUT2D eigenvalue weighted by Crippen LogP contribution is -2.42. The molecule has 142 valence electrons. The van der Waals surface area contributed by atoms with E-state index in [2.05, 4.69) is 12.2 Å². The number of ether oxygens (including phenoxy) is 2. The lowest BCUT2D eigenvalue weighted by Gasteiger charge is -2.45. The van der Waals surface area contributed by atoms with Gasteiger partial charge in [-0.05, 0) is 112 Å². The van der Waals surface area contributed by atoms with E-state index in [1.165, 1.54) is 25.7 Å². The van der Waals surface area contributed by atoms with Crippen molar-refractivity contribution in [3.63, 3.8) is 0 Å². The molecule has 11 unspecified atom stereocenters. The molecule has 6 aliphatic carbocycles. The van der Waals surface area contributed by atoms with E-state index in [1.807, 2.05) is 20.8 Å². The van der Waals surface area contributed by atoms with Gasteiger partial charge in [-0.25, -0.2) is 4.79 Å². The van der Waals surface area contributed by atoms with Gasteiger partial charge < -0.3 is 9.47 Å². The highest BCUT2D eigenvalue weighted by Gasteiger charge is 2.70. The predicted octanol–water partition coefficient (Wildman–Crippen LogP) is 4.91. The van der Waals surface area contributed by atoms with Gasteiger partial charge in [0.1, 0.15) is 5.60 Å². The quantitative estimate of drug-likeness (QED) is 0.400. The number of carbonyl (C=O) groups is 1. The lowest BCUT2D eigenvalue weighted by molar-refractivity contribution is -0.0293. The molecule has 0 aromatic rings. The molecule has 6 bridgehead atoms. The van der Waals surface area contributed by atoms with E-state index in [-0.39, 0.29) is 0 Å². The fourth-order valence-corrected chi connectivity index (χ4v) is 9.03. The van der Waals surface area contributed by atoms with Crippen molar-refractivity contribution in [3.8, 4) is 0 Å². The van der Waals surface area contributed by atoms with E-state index in [0.29, 0.717) is 12.5 Å². The van der Waals surface area contributed by atoms with Gasteiger partial charge in [-0.2, -0.15) is 0 Å². The summed E-state index contributed by atoms with van der Waals surface area (Å²) in [6, 6.07) is 0. The number of hydrogen-bond donors (Lipinski definition) is 0. The van der Waals surface area contributed by atoms with Crippen LogP contribution >= 0.6 is 0 Å². The van der Waals surface area contributed by atoms with Gasteiger partial charge in [-0.1, -0.05) is 12.2 Å². The zero-order valence-corrected chi connectivity index (χ0v) is 16.3. The monoisotopic (exact) mass is 356 g/mol. The average molecular weight is 357 g/mol. The van der Waals surface area contributed by atoms with Gasteiger partial charge in [0.25, 0.3) is 0 Å². The highest BCUT2D eigenvalue weighted by molar-refractivity contribution is 5.60. The Kier molecular flexibility index (Phi) is 3.13. The Hall–Kier alpha value is -0.990. The van der Waals surface area contributed by atoms with Gasteiger partial charge in [0.15, 0.2) is 0 Å². The van der Waals surface area contributed by atoms with Crippen LogP contribution in [0.3, 0.4) is 0 Å². The van der Waals surface area contributed by atoms with Crippen molar-refractivity contribution in [2.75, 3.05) is 6.61 Å². The zero-order valence-electron chi connectivity index (χ0n) is 16.3. The second-order valence-electron chi connectivity index (χ2n) is 11.3. The van der Waals surface area contributed by atoms with Crippen molar-refractivity contribution >= 4 is 6.16 Å². The minimum Gasteiger partial charge on any atom is -0.434 e. The molecule has 3 nitrogen and oxygen atoms in total. The maximum Gasteiger partial charge on any atom is 0.508 e. The first kappa shape index (κ1) is 16.0. The van der Waals surface area contributed by atoms with E-state index in [9.17, 15) is 4.79 Å². The molecule has 0 N–H and O–H groups in total. The molecule has 11 atom stereocenters. The smallest absolute Gasteiger partial charge is 0.434 e. The second kappa shape index (κ2) is 5.08. The summed E-state index contributed by atoms with van der Waals surface area (Å²) < 4.78 is 10.9. The molecule has 0 saturated heterocycles. The first-order chi connectivity index (χ1) is 12.4. The minimum atomic E-state index is -0.483. The summed E-state index contributed by atoms with van der Waals surface area (Å²) in [5.41, 5.74) is -0.466. The Bertz CT molecular complexity index is 661. The molecular formula is C23H32O3. The third kappa shape index (κ3) is 2.04. The van der Waals surface area contributed by atoms with Gasteiger partial charge in [-0.15, -0.1) is 0 Å². The standard InChI is InChI=1S/C23H32O3/c1-23(2,3)26-22(24)25-10-14-7-13-8-15(14)21-17-9-16(20(13)21)18-11-4-5-12(6-11)19(17)18/h4-5,11-21H,6-10H2,1-3H3. The molecule has 3 heteroatoms. The van der Waals surface area contributed by atoms with Crippen LogP contribution in [0.5, 0.6) is 0 Å². The van der Waals surface area contributed by atoms with E-state index >= 15 is 0 Å². The van der Waals surface area contributed by atoms with Crippen molar-refractivity contribution in [3.05, 3.63) is 12.2 Å². The number of rotatable bonds is 2. The molecule has 0 aromatic heterocycles. The highest BCUT2D eigenvalue weighted by atomic mass is 16.7. The molecule has 5 saturated carbocycles. The first-order valence-corrected chi connectivity index (χ1v) is 10.9. The molecule has 0 spiro atoms. The zero-order chi connectivity index (χ0) is 17.8. The van der Waals surface area contributed by atoms with Gasteiger partial charge in [0.2, 0.25) is 0 Å². The summed E-state index contributed by atoms with van der Waals surface area (Å²) in [6.07, 6.45) is 10.3. The van der Waals surface area contributed by atoms with Crippen molar-refractivity contribution in [2.24, 2.45) is 65.1 Å². The summed E-state index contributed by atoms with van der Waals surface area (Å²) in [4.78, 5) is 12.0. The van der Waals surface area contributed by atoms with Crippen LogP contribution in [0.1, 0.15) is 46.5 Å². The van der Waals surface area contributed by atoms with Crippen LogP contribution in [0.2, 0.25) is 0 Å². The maximum absolute atomic E-state index is 12.0. The fourth-order valence-electron chi connectivity index (χ4n) is 9.03. The van der Waals surface area contributed by atoms with Crippen LogP contribution in [0, 0.1) is 65.1 Å². The lowest BCUT2D eigenvalue weighted by atomic mass is 9.59. The third-order valence-electron chi connectivity index (χ3n) is 9.18. The largest absolute Gasteiger partial charge is 0.508 e. The molecule has 0 radical (unpaired) electrons. The normalized spacial score (nSPS) is 54.7. The van der Waals surface area contributed by atoms with Gasteiger partial charge in [-0.3, -0.25) is 0 Å². The predicted molar refractivity (Wildman–Crippen MR) is 98.2 cm³/mol. The number of hydrogen-bond acceptors (Lipinski definition) is 3. The van der Waals surface area contributed by atoms with Crippen molar-refractivity contribution in [1.82, 2.24) is 0 Å². The summed E-state index contributed by atoms with van der Waals surface area (Å²) >= 11 is 0. The summed E-state index contributed by atoms with van der Waals surface area (Å²) in [5, 5.41) is 0. The second-order valence-corrected chi connectivity index (χ2v) is 11.3. The van der Waals surface area contributed by atoms with Crippen molar-refractivity contribution < 1.29 is 14.3 Å². The van der Waals surface area contributed by atoms with Crippen LogP contribution < -0.4 is 0 Å². The van der Waals surface area contributed by atoms with Crippen LogP contribution in [-0.2, 0) is 9.47 Å². The fraction of sp³-hybridized carbons (Fsp3) is 0.870. The van der Waals surface area contributed by atoms with Crippen LogP contribution in [0.15, 0.2) is 12.2 Å². The average Bonchev–Trinajstić information content (AvgIpc) is 3.37. The number of carbonyl (C=O) groups excluding carboxylic acids is 1. The molecule has 26 heavy (non-hydrogen) atoms. The van der Waals surface area contributed by atoms with Gasteiger partial charge in [0, 0.05) is 0 Å². The molecule has 0 amide bonds. The van der Waals surface area contributed by atoms with Crippen molar-refractivity contribution in [1.29, 1.82) is 0 Å². The van der Waals surface area contributed by atoms with Crippen molar-refractivity contribution in [2.45, 2.75) is 52.1 Å². The Morgan fingerprint density at radius 3 is 2.27 bits per heavy atom. The summed E-state index contributed by atoms with van der Waals surface area (Å²) in [7, 11) is 0. The molecule has 0 heterocycles. The number of allylic oxidation sites excluding steroid dienone is 2. The van der Waals surface area contributed by atoms with E-state index < -0.39 is 11.8 Å². The molecule has 6 rings (SSSR count). The molecule has 6 aliphatic rings. The van der Waals surface area contributed by atoms with Gasteiger partial charge >= 0.3 is 6.16 Å². The Morgan fingerprint density at radius 2 is 1.58 bits per heavy atom. The number of fused-ring (bicyclic) bond motifs is 16. The van der Waals surface area contributed by atoms with Crippen LogP contribution in [0.25, 0.3) is 0 Å². The maximum atomic E-state index is 12.0. The Labute approximate surface area is 156 Å². The van der Waals surface area contributed by atoms with Gasteiger partial charge in [0.05, 0.1) is 6.61 Å². The minimum absolute atomic E-state index is 0.466. The Morgan fingerprint density at radius 1 is 0.885 bits per heavy atom. The molecular weight excluding hydrogens is 324 g/mol. The summed E-state index contributed by atoms with van der Waals surface area (Å²) in [6.45, 7) is 6.26. The topological polar surface area (TPSA) is 35.5 Å². The highest BCUT2D eigenvalue weighted by Crippen LogP contribution is 2.76. The molecule has 0 aromatic carbocycles. The van der Waals surface area contributed by atoms with Crippen LogP contribution in [-0.4, -0.2) is 18.4 Å². The first-order valence-electron chi connectivity index (χ1n) is 10.9. The third-order valence-corrected chi connectivity index (χ3v) is 9.18. The van der Waals surface area contributed by atoms with Crippen LogP contribution in [0.4, 0.5) is 4.79 Å².